The van der Waals surface area contributed by atoms with E-state index in [1.807, 2.05) is 32.0 Å². The molecule has 0 bridgehead atoms. The van der Waals surface area contributed by atoms with Crippen LogP contribution in [0.4, 0.5) is 5.69 Å². The number of aromatic nitrogens is 2. The topological polar surface area (TPSA) is 84.3 Å². The maximum Gasteiger partial charge on any atom is 0.262 e. The summed E-state index contributed by atoms with van der Waals surface area (Å²) in [6.07, 6.45) is 1.81. The molecule has 1 heterocycles. The largest absolute Gasteiger partial charge is 0.339 e. The number of carbonyl (C=O) groups is 2. The highest BCUT2D eigenvalue weighted by Crippen LogP contribution is 2.19. The van der Waals surface area contributed by atoms with Crippen LogP contribution in [0.1, 0.15) is 44.0 Å². The summed E-state index contributed by atoms with van der Waals surface area (Å²) in [4.78, 5) is 44.3. The second-order valence-corrected chi connectivity index (χ2v) is 8.56. The van der Waals surface area contributed by atoms with Crippen molar-refractivity contribution in [3.05, 3.63) is 64.4 Å². The summed E-state index contributed by atoms with van der Waals surface area (Å²) in [5.74, 6) is -0.107. The minimum absolute atomic E-state index is 0.0270. The Hall–Kier alpha value is -3.13. The van der Waals surface area contributed by atoms with Gasteiger partial charge in [0, 0.05) is 30.9 Å². The molecule has 3 aromatic rings. The Balaban J connectivity index is 1.69. The number of rotatable bonds is 10. The zero-order valence-corrected chi connectivity index (χ0v) is 20.2. The molecule has 0 unspecified atom stereocenters. The summed E-state index contributed by atoms with van der Waals surface area (Å²) in [6, 6.07) is 14.2. The summed E-state index contributed by atoms with van der Waals surface area (Å²) in [5, 5.41) is 3.98. The molecular weight excluding hydrogens is 436 g/mol. The fraction of sp³-hybridized carbons (Fsp3) is 0.360. The molecule has 0 saturated carbocycles. The van der Waals surface area contributed by atoms with E-state index in [1.54, 1.807) is 39.8 Å². The number of fused-ring (bicyclic) bond motifs is 1. The maximum absolute atomic E-state index is 12.9. The van der Waals surface area contributed by atoms with Crippen LogP contribution in [0.3, 0.4) is 0 Å². The van der Waals surface area contributed by atoms with Crippen LogP contribution in [0.25, 0.3) is 10.9 Å². The summed E-state index contributed by atoms with van der Waals surface area (Å²) in [5.41, 5.74) is 1.76. The van der Waals surface area contributed by atoms with Crippen LogP contribution in [0.2, 0.25) is 0 Å². The zero-order valence-electron chi connectivity index (χ0n) is 19.3. The molecule has 7 nitrogen and oxygen atoms in total. The molecule has 0 aliphatic rings. The quantitative estimate of drug-likeness (QED) is 0.353. The van der Waals surface area contributed by atoms with Gasteiger partial charge in [0.1, 0.15) is 0 Å². The molecule has 174 valence electrons. The molecule has 2 amide bonds. The lowest BCUT2D eigenvalue weighted by molar-refractivity contribution is -0.113. The van der Waals surface area contributed by atoms with Gasteiger partial charge < -0.3 is 10.2 Å². The van der Waals surface area contributed by atoms with E-state index in [0.717, 1.165) is 12.8 Å². The summed E-state index contributed by atoms with van der Waals surface area (Å²) < 4.78 is 1.66. The minimum atomic E-state index is -0.202. The number of amides is 2. The van der Waals surface area contributed by atoms with Gasteiger partial charge in [0.05, 0.1) is 16.7 Å². The van der Waals surface area contributed by atoms with Crippen molar-refractivity contribution in [2.24, 2.45) is 0 Å². The standard InChI is InChI=1S/C25H30N4O3S/c1-4-7-16-29-24(32)20-10-8-9-11-21(20)27-25(29)33-17-22(30)26-19-14-12-18(13-15-19)23(31)28(5-2)6-3/h8-15H,4-7,16-17H2,1-3H3,(H,26,30). The Morgan fingerprint density at radius 2 is 1.73 bits per heavy atom. The van der Waals surface area contributed by atoms with Crippen LogP contribution in [0.15, 0.2) is 58.5 Å². The number of anilines is 1. The Morgan fingerprint density at radius 1 is 1.03 bits per heavy atom. The maximum atomic E-state index is 12.9. The smallest absolute Gasteiger partial charge is 0.262 e. The van der Waals surface area contributed by atoms with Crippen LogP contribution >= 0.6 is 11.8 Å². The Kier molecular flexibility index (Phi) is 8.65. The molecule has 2 aromatic carbocycles. The molecule has 0 aliphatic heterocycles. The van der Waals surface area contributed by atoms with E-state index in [-0.39, 0.29) is 23.1 Å². The van der Waals surface area contributed by atoms with Crippen LogP contribution in [0, 0.1) is 0 Å². The molecule has 0 atom stereocenters. The van der Waals surface area contributed by atoms with E-state index in [4.69, 9.17) is 0 Å². The highest BCUT2D eigenvalue weighted by Gasteiger charge is 2.14. The van der Waals surface area contributed by atoms with Crippen LogP contribution in [-0.4, -0.2) is 45.1 Å². The summed E-state index contributed by atoms with van der Waals surface area (Å²) in [6.45, 7) is 7.83. The average Bonchev–Trinajstić information content (AvgIpc) is 2.83. The van der Waals surface area contributed by atoms with Gasteiger partial charge in [-0.15, -0.1) is 0 Å². The van der Waals surface area contributed by atoms with Gasteiger partial charge in [-0.05, 0) is 56.7 Å². The first-order chi connectivity index (χ1) is 16.0. The Bertz CT molecular complexity index is 1170. The van der Waals surface area contributed by atoms with Gasteiger partial charge >= 0.3 is 0 Å². The van der Waals surface area contributed by atoms with E-state index in [1.165, 1.54) is 11.8 Å². The molecule has 0 aliphatic carbocycles. The second-order valence-electron chi connectivity index (χ2n) is 7.61. The van der Waals surface area contributed by atoms with Crippen molar-refractivity contribution < 1.29 is 9.59 Å². The SMILES string of the molecule is CCCCn1c(SCC(=O)Nc2ccc(C(=O)N(CC)CC)cc2)nc2ccccc2c1=O. The van der Waals surface area contributed by atoms with Crippen molar-refractivity contribution in [2.45, 2.75) is 45.3 Å². The van der Waals surface area contributed by atoms with Crippen molar-refractivity contribution in [2.75, 3.05) is 24.2 Å². The first-order valence-corrected chi connectivity index (χ1v) is 12.3. The van der Waals surface area contributed by atoms with Gasteiger partial charge in [-0.25, -0.2) is 4.98 Å². The number of benzene rings is 2. The van der Waals surface area contributed by atoms with E-state index in [0.29, 0.717) is 46.9 Å². The first-order valence-electron chi connectivity index (χ1n) is 11.3. The molecule has 0 saturated heterocycles. The van der Waals surface area contributed by atoms with Crippen LogP contribution in [-0.2, 0) is 11.3 Å². The third-order valence-corrected chi connectivity index (χ3v) is 6.34. The monoisotopic (exact) mass is 466 g/mol. The number of carbonyl (C=O) groups excluding carboxylic acids is 2. The lowest BCUT2D eigenvalue weighted by atomic mass is 10.2. The fourth-order valence-corrected chi connectivity index (χ4v) is 4.31. The number of para-hydroxylation sites is 1. The van der Waals surface area contributed by atoms with Crippen molar-refractivity contribution in [1.29, 1.82) is 0 Å². The Morgan fingerprint density at radius 3 is 2.39 bits per heavy atom. The fourth-order valence-electron chi connectivity index (χ4n) is 3.49. The van der Waals surface area contributed by atoms with Crippen LogP contribution < -0.4 is 10.9 Å². The number of hydrogen-bond acceptors (Lipinski definition) is 5. The summed E-state index contributed by atoms with van der Waals surface area (Å²) in [7, 11) is 0. The van der Waals surface area contributed by atoms with Crippen molar-refractivity contribution in [1.82, 2.24) is 14.5 Å². The van der Waals surface area contributed by atoms with E-state index in [2.05, 4.69) is 17.2 Å². The van der Waals surface area contributed by atoms with Gasteiger partial charge in [0.15, 0.2) is 5.16 Å². The van der Waals surface area contributed by atoms with Gasteiger partial charge in [-0.1, -0.05) is 37.2 Å². The average molecular weight is 467 g/mol. The molecular formula is C25H30N4O3S. The number of nitrogens with one attached hydrogen (secondary N) is 1. The number of unbranched alkanes of at least 4 members (excludes halogenated alkanes) is 1. The van der Waals surface area contributed by atoms with E-state index in [9.17, 15) is 14.4 Å². The molecule has 1 aromatic heterocycles. The van der Waals surface area contributed by atoms with Crippen molar-refractivity contribution in [3.63, 3.8) is 0 Å². The zero-order chi connectivity index (χ0) is 23.8. The highest BCUT2D eigenvalue weighted by molar-refractivity contribution is 7.99. The highest BCUT2D eigenvalue weighted by atomic mass is 32.2. The third kappa shape index (κ3) is 6.01. The van der Waals surface area contributed by atoms with Gasteiger partial charge in [-0.2, -0.15) is 0 Å². The number of thioether (sulfide) groups is 1. The second kappa shape index (κ2) is 11.7. The van der Waals surface area contributed by atoms with Crippen molar-refractivity contribution >= 4 is 40.2 Å². The molecule has 0 spiro atoms. The molecule has 0 fully saturated rings. The van der Waals surface area contributed by atoms with Crippen LogP contribution in [0.5, 0.6) is 0 Å². The lowest BCUT2D eigenvalue weighted by Gasteiger charge is -2.18. The number of nitrogens with zero attached hydrogens (tertiary/aromatic N) is 3. The number of hydrogen-bond donors (Lipinski definition) is 1. The normalized spacial score (nSPS) is 10.9. The summed E-state index contributed by atoms with van der Waals surface area (Å²) >= 11 is 1.25. The van der Waals surface area contributed by atoms with Gasteiger partial charge in [-0.3, -0.25) is 19.0 Å². The first kappa shape index (κ1) is 24.5. The van der Waals surface area contributed by atoms with Gasteiger partial charge in [0.25, 0.3) is 11.5 Å². The van der Waals surface area contributed by atoms with Gasteiger partial charge in [0.2, 0.25) is 5.91 Å². The lowest BCUT2D eigenvalue weighted by Crippen LogP contribution is -2.30. The minimum Gasteiger partial charge on any atom is -0.339 e. The molecule has 0 radical (unpaired) electrons. The predicted octanol–water partition coefficient (Wildman–Crippen LogP) is 4.41. The Labute approximate surface area is 198 Å². The molecule has 33 heavy (non-hydrogen) atoms. The molecule has 3 rings (SSSR count). The molecule has 8 heteroatoms. The predicted molar refractivity (Wildman–Crippen MR) is 134 cm³/mol. The third-order valence-electron chi connectivity index (χ3n) is 5.36. The van der Waals surface area contributed by atoms with Crippen molar-refractivity contribution in [3.8, 4) is 0 Å². The van der Waals surface area contributed by atoms with E-state index < -0.39 is 0 Å². The molecule has 1 N–H and O–H groups in total. The van der Waals surface area contributed by atoms with E-state index >= 15 is 0 Å².